The van der Waals surface area contributed by atoms with Gasteiger partial charge in [0.1, 0.15) is 16.7 Å². The van der Waals surface area contributed by atoms with E-state index in [0.29, 0.717) is 12.0 Å². The van der Waals surface area contributed by atoms with Gasteiger partial charge in [0.05, 0.1) is 25.0 Å². The second-order valence-electron chi connectivity index (χ2n) is 15.4. The Kier molecular flexibility index (Phi) is 14.0. The number of fused-ring (bicyclic) bond motifs is 2. The first-order valence-electron chi connectivity index (χ1n) is 18.3. The standard InChI is InChI=1S/C41H56N2O10/c1-11-51-37(49)42-43(38(50)52-12-2)53-32(45)23-30(28-16-14-13-15-17-28)41-35(47)33(31(44)22-27(7)8)34(46)40(36(41)48,21-20-26(5)6)24-29(39(41,9)10)19-18-25(3)4/h13-18,20,27,29-30,46H,11-12,19,21-24H2,1-10H3,(H,42,49)/t29-,30-,40+,41-/m1/s1. The fourth-order valence-corrected chi connectivity index (χ4v) is 7.85. The smallest absolute Gasteiger partial charge is 0.463 e. The SMILES string of the molecule is CCOC(=O)NN(OC(=O)C[C@H](c1ccccc1)[C@]12C(=O)C(C(=O)CC(C)C)=C(O)[C@](CC=C(C)C)(C[C@@H](CC=C(C)C)C1(C)C)C2=O)C(=O)OCC. The number of carbonyl (C=O) groups excluding carboxylic acids is 6. The molecule has 290 valence electrons. The van der Waals surface area contributed by atoms with Crippen LogP contribution in [0.4, 0.5) is 9.59 Å². The molecular weight excluding hydrogens is 680 g/mol. The second-order valence-corrected chi connectivity index (χ2v) is 15.4. The zero-order chi connectivity index (χ0) is 39.9. The van der Waals surface area contributed by atoms with Gasteiger partial charge in [-0.15, -0.1) is 0 Å². The van der Waals surface area contributed by atoms with Crippen molar-refractivity contribution < 1.29 is 48.2 Å². The van der Waals surface area contributed by atoms with Gasteiger partial charge in [0, 0.05) is 12.3 Å². The van der Waals surface area contributed by atoms with Gasteiger partial charge in [-0.1, -0.05) is 81.3 Å². The number of ketones is 3. The summed E-state index contributed by atoms with van der Waals surface area (Å²) in [6.07, 6.45) is 1.47. The number of benzene rings is 1. The average Bonchev–Trinajstić information content (AvgIpc) is 3.06. The first-order valence-corrected chi connectivity index (χ1v) is 18.3. The lowest BCUT2D eigenvalue weighted by Crippen LogP contribution is -2.69. The number of nitrogens with one attached hydrogen (secondary N) is 1. The van der Waals surface area contributed by atoms with Crippen LogP contribution in [0.2, 0.25) is 0 Å². The zero-order valence-electron chi connectivity index (χ0n) is 32.8. The summed E-state index contributed by atoms with van der Waals surface area (Å²) in [6.45, 7) is 17.8. The lowest BCUT2D eigenvalue weighted by molar-refractivity contribution is -0.195. The topological polar surface area (TPSA) is 166 Å². The van der Waals surface area contributed by atoms with E-state index in [9.17, 15) is 24.3 Å². The Labute approximate surface area is 312 Å². The molecule has 0 aromatic heterocycles. The summed E-state index contributed by atoms with van der Waals surface area (Å²) >= 11 is 0. The van der Waals surface area contributed by atoms with E-state index in [0.717, 1.165) is 11.1 Å². The van der Waals surface area contributed by atoms with Crippen molar-refractivity contribution in [1.29, 1.82) is 0 Å². The van der Waals surface area contributed by atoms with Crippen molar-refractivity contribution in [3.05, 3.63) is 70.5 Å². The molecule has 1 fully saturated rings. The van der Waals surface area contributed by atoms with Crippen LogP contribution < -0.4 is 5.43 Å². The number of hydroxylamine groups is 1. The van der Waals surface area contributed by atoms with E-state index >= 15 is 9.59 Å². The Morgan fingerprint density at radius 1 is 0.943 bits per heavy atom. The minimum absolute atomic E-state index is 0.0287. The van der Waals surface area contributed by atoms with Crippen LogP contribution >= 0.6 is 0 Å². The van der Waals surface area contributed by atoms with Crippen LogP contribution in [0, 0.1) is 28.1 Å². The predicted octanol–water partition coefficient (Wildman–Crippen LogP) is 8.05. The molecule has 2 N–H and O–H groups in total. The van der Waals surface area contributed by atoms with Gasteiger partial charge >= 0.3 is 18.2 Å². The number of aliphatic hydroxyl groups excluding tert-OH is 1. The van der Waals surface area contributed by atoms with Crippen LogP contribution in [0.5, 0.6) is 0 Å². The molecule has 12 heteroatoms. The van der Waals surface area contributed by atoms with Crippen LogP contribution in [-0.4, -0.2) is 59.0 Å². The number of Topliss-reactive ketones (excluding diaryl/α,β-unsaturated/α-hetero) is 3. The molecular formula is C41H56N2O10. The van der Waals surface area contributed by atoms with E-state index in [1.807, 2.05) is 73.0 Å². The molecule has 12 nitrogen and oxygen atoms in total. The molecule has 2 aliphatic rings. The van der Waals surface area contributed by atoms with E-state index in [-0.39, 0.29) is 43.6 Å². The van der Waals surface area contributed by atoms with Crippen molar-refractivity contribution in [2.24, 2.45) is 28.1 Å². The van der Waals surface area contributed by atoms with Crippen molar-refractivity contribution in [2.75, 3.05) is 13.2 Å². The average molecular weight is 737 g/mol. The van der Waals surface area contributed by atoms with Crippen molar-refractivity contribution in [3.8, 4) is 0 Å². The van der Waals surface area contributed by atoms with Crippen molar-refractivity contribution >= 4 is 35.5 Å². The van der Waals surface area contributed by atoms with Crippen LogP contribution in [0.3, 0.4) is 0 Å². The molecule has 3 rings (SSSR count). The maximum atomic E-state index is 15.7. The Bertz CT molecular complexity index is 1670. The number of rotatable bonds is 13. The Morgan fingerprint density at radius 3 is 2.09 bits per heavy atom. The molecule has 4 atom stereocenters. The molecule has 2 bridgehead atoms. The molecule has 0 radical (unpaired) electrons. The number of nitrogens with zero attached hydrogens (tertiary/aromatic N) is 1. The molecule has 1 aromatic carbocycles. The molecule has 2 aliphatic carbocycles. The normalized spacial score (nSPS) is 22.4. The molecule has 1 aromatic rings. The third-order valence-corrected chi connectivity index (χ3v) is 10.4. The molecule has 53 heavy (non-hydrogen) atoms. The van der Waals surface area contributed by atoms with Crippen LogP contribution in [0.1, 0.15) is 113 Å². The highest BCUT2D eigenvalue weighted by Gasteiger charge is 2.75. The van der Waals surface area contributed by atoms with Gasteiger partial charge in [-0.05, 0) is 88.8 Å². The number of hydrogen-bond acceptors (Lipinski definition) is 10. The van der Waals surface area contributed by atoms with E-state index in [1.165, 1.54) is 6.92 Å². The van der Waals surface area contributed by atoms with E-state index in [4.69, 9.17) is 14.3 Å². The number of ether oxygens (including phenoxy) is 2. The van der Waals surface area contributed by atoms with Crippen LogP contribution in [-0.2, 0) is 33.5 Å². The fraction of sp³-hybridized carbons (Fsp3) is 0.561. The lowest BCUT2D eigenvalue weighted by atomic mass is 9.37. The quantitative estimate of drug-likeness (QED) is 0.0876. The molecule has 0 saturated heterocycles. The van der Waals surface area contributed by atoms with Gasteiger partial charge in [0.15, 0.2) is 17.3 Å². The Balaban J connectivity index is 2.43. The summed E-state index contributed by atoms with van der Waals surface area (Å²) in [4.78, 5) is 90.0. The number of amides is 2. The van der Waals surface area contributed by atoms with E-state index in [1.54, 1.807) is 37.3 Å². The number of aliphatic hydroxyl groups is 1. The van der Waals surface area contributed by atoms with Crippen molar-refractivity contribution in [3.63, 3.8) is 0 Å². The summed E-state index contributed by atoms with van der Waals surface area (Å²) in [6, 6.07) is 8.54. The largest absolute Gasteiger partial charge is 0.510 e. The summed E-state index contributed by atoms with van der Waals surface area (Å²) < 4.78 is 9.83. The minimum Gasteiger partial charge on any atom is -0.510 e. The summed E-state index contributed by atoms with van der Waals surface area (Å²) in [5.74, 6) is -5.45. The monoisotopic (exact) mass is 736 g/mol. The van der Waals surface area contributed by atoms with Gasteiger partial charge in [0.2, 0.25) is 0 Å². The maximum Gasteiger partial charge on any atom is 0.463 e. The van der Waals surface area contributed by atoms with Crippen LogP contribution in [0.15, 0.2) is 65.0 Å². The third kappa shape index (κ3) is 8.57. The highest BCUT2D eigenvalue weighted by Crippen LogP contribution is 2.69. The number of hydrazine groups is 1. The maximum absolute atomic E-state index is 15.7. The first-order chi connectivity index (χ1) is 24.8. The highest BCUT2D eigenvalue weighted by atomic mass is 16.8. The number of allylic oxidation sites excluding steroid dienone is 6. The summed E-state index contributed by atoms with van der Waals surface area (Å²) in [7, 11) is 0. The van der Waals surface area contributed by atoms with Crippen molar-refractivity contribution in [2.45, 2.75) is 107 Å². The van der Waals surface area contributed by atoms with Gasteiger partial charge < -0.3 is 19.4 Å². The summed E-state index contributed by atoms with van der Waals surface area (Å²) in [5.41, 5.74) is -1.02. The minimum atomic E-state index is -2.08. The van der Waals surface area contributed by atoms with E-state index < -0.39 is 81.3 Å². The Hall–Kier alpha value is -4.74. The fourth-order valence-electron chi connectivity index (χ4n) is 7.85. The molecule has 0 spiro atoms. The van der Waals surface area contributed by atoms with E-state index in [2.05, 4.69) is 0 Å². The zero-order valence-corrected chi connectivity index (χ0v) is 32.8. The highest BCUT2D eigenvalue weighted by molar-refractivity contribution is 6.32. The molecule has 0 heterocycles. The van der Waals surface area contributed by atoms with Gasteiger partial charge in [-0.2, -0.15) is 5.43 Å². The molecule has 0 unspecified atom stereocenters. The molecule has 1 saturated carbocycles. The third-order valence-electron chi connectivity index (χ3n) is 10.4. The van der Waals surface area contributed by atoms with Gasteiger partial charge in [-0.25, -0.2) is 14.4 Å². The predicted molar refractivity (Wildman–Crippen MR) is 198 cm³/mol. The second kappa shape index (κ2) is 17.4. The van der Waals surface area contributed by atoms with Crippen molar-refractivity contribution in [1.82, 2.24) is 10.6 Å². The molecule has 2 amide bonds. The lowest BCUT2D eigenvalue weighted by Gasteiger charge is -2.62. The summed E-state index contributed by atoms with van der Waals surface area (Å²) in [5, 5.41) is 12.4. The number of hydrogen-bond donors (Lipinski definition) is 2. The van der Waals surface area contributed by atoms with Gasteiger partial charge in [0.25, 0.3) is 0 Å². The molecule has 0 aliphatic heterocycles. The first kappa shape index (κ1) is 42.7. The van der Waals surface area contributed by atoms with Gasteiger partial charge in [-0.3, -0.25) is 14.4 Å². The van der Waals surface area contributed by atoms with Crippen LogP contribution in [0.25, 0.3) is 0 Å². The Morgan fingerprint density at radius 2 is 1.55 bits per heavy atom. The number of carbonyl (C=O) groups is 6.